The summed E-state index contributed by atoms with van der Waals surface area (Å²) in [7, 11) is 0. The standard InChI is InChI=1S/C18H10BrNO/c19-10-5-6-11-13-9-18-14(8-16(13)20-15(11)7-10)12-3-1-2-4-17(12)21-18/h1-9,20H. The minimum Gasteiger partial charge on any atom is -0.456 e. The second kappa shape index (κ2) is 3.89. The van der Waals surface area contributed by atoms with Crippen LogP contribution in [0.1, 0.15) is 0 Å². The van der Waals surface area contributed by atoms with E-state index in [0.29, 0.717) is 0 Å². The molecule has 0 aliphatic heterocycles. The van der Waals surface area contributed by atoms with Gasteiger partial charge in [0, 0.05) is 37.1 Å². The number of fused-ring (bicyclic) bond motifs is 6. The Balaban J connectivity index is 2.00. The van der Waals surface area contributed by atoms with Crippen LogP contribution in [-0.4, -0.2) is 4.98 Å². The van der Waals surface area contributed by atoms with E-state index >= 15 is 0 Å². The van der Waals surface area contributed by atoms with Gasteiger partial charge in [0.2, 0.25) is 0 Å². The summed E-state index contributed by atoms with van der Waals surface area (Å²) < 4.78 is 7.06. The van der Waals surface area contributed by atoms with E-state index < -0.39 is 0 Å². The first-order chi connectivity index (χ1) is 10.3. The van der Waals surface area contributed by atoms with E-state index in [0.717, 1.165) is 37.4 Å². The van der Waals surface area contributed by atoms with Crippen molar-refractivity contribution in [1.29, 1.82) is 0 Å². The van der Waals surface area contributed by atoms with Crippen molar-refractivity contribution >= 4 is 59.7 Å². The highest BCUT2D eigenvalue weighted by atomic mass is 79.9. The summed E-state index contributed by atoms with van der Waals surface area (Å²) in [5.41, 5.74) is 4.15. The maximum Gasteiger partial charge on any atom is 0.136 e. The molecule has 5 aromatic rings. The Morgan fingerprint density at radius 1 is 0.714 bits per heavy atom. The fourth-order valence-electron chi connectivity index (χ4n) is 3.10. The average Bonchev–Trinajstić information content (AvgIpc) is 3.01. The Bertz CT molecular complexity index is 1150. The lowest BCUT2D eigenvalue weighted by Crippen LogP contribution is -1.69. The highest BCUT2D eigenvalue weighted by Crippen LogP contribution is 2.35. The van der Waals surface area contributed by atoms with Gasteiger partial charge >= 0.3 is 0 Å². The van der Waals surface area contributed by atoms with Crippen molar-refractivity contribution < 1.29 is 4.42 Å². The molecule has 5 rings (SSSR count). The summed E-state index contributed by atoms with van der Waals surface area (Å²) in [4.78, 5) is 3.49. The van der Waals surface area contributed by atoms with Crippen molar-refractivity contribution in [3.63, 3.8) is 0 Å². The largest absolute Gasteiger partial charge is 0.456 e. The predicted molar refractivity (Wildman–Crippen MR) is 90.8 cm³/mol. The number of hydrogen-bond donors (Lipinski definition) is 1. The summed E-state index contributed by atoms with van der Waals surface area (Å²) in [6, 6.07) is 18.8. The van der Waals surface area contributed by atoms with Crippen molar-refractivity contribution in [2.45, 2.75) is 0 Å². The van der Waals surface area contributed by atoms with Gasteiger partial charge in [0.05, 0.1) is 0 Å². The summed E-state index contributed by atoms with van der Waals surface area (Å²) >= 11 is 3.52. The lowest BCUT2D eigenvalue weighted by Gasteiger charge is -1.93. The van der Waals surface area contributed by atoms with E-state index in [-0.39, 0.29) is 0 Å². The molecule has 0 saturated heterocycles. The molecule has 2 heterocycles. The lowest BCUT2D eigenvalue weighted by atomic mass is 10.1. The first-order valence-electron chi connectivity index (χ1n) is 6.82. The van der Waals surface area contributed by atoms with Gasteiger partial charge in [-0.25, -0.2) is 0 Å². The van der Waals surface area contributed by atoms with Gasteiger partial charge in [-0.15, -0.1) is 0 Å². The lowest BCUT2D eigenvalue weighted by molar-refractivity contribution is 0.669. The summed E-state index contributed by atoms with van der Waals surface area (Å²) in [6.45, 7) is 0. The zero-order chi connectivity index (χ0) is 14.0. The molecule has 3 aromatic carbocycles. The average molecular weight is 336 g/mol. The maximum absolute atomic E-state index is 5.98. The summed E-state index contributed by atoms with van der Waals surface area (Å²) in [5, 5.41) is 4.73. The van der Waals surface area contributed by atoms with Crippen LogP contribution in [0.15, 0.2) is 63.5 Å². The van der Waals surface area contributed by atoms with Crippen LogP contribution in [0.5, 0.6) is 0 Å². The molecule has 1 N–H and O–H groups in total. The minimum atomic E-state index is 0.937. The van der Waals surface area contributed by atoms with E-state index in [1.165, 1.54) is 10.8 Å². The first-order valence-corrected chi connectivity index (χ1v) is 7.61. The maximum atomic E-state index is 5.98. The third-order valence-electron chi connectivity index (χ3n) is 4.06. The highest BCUT2D eigenvalue weighted by Gasteiger charge is 2.11. The smallest absolute Gasteiger partial charge is 0.136 e. The second-order valence-electron chi connectivity index (χ2n) is 5.31. The Morgan fingerprint density at radius 3 is 2.52 bits per heavy atom. The molecule has 2 nitrogen and oxygen atoms in total. The van der Waals surface area contributed by atoms with Crippen LogP contribution in [-0.2, 0) is 0 Å². The summed E-state index contributed by atoms with van der Waals surface area (Å²) in [5.74, 6) is 0. The van der Waals surface area contributed by atoms with Gasteiger partial charge in [-0.1, -0.05) is 40.2 Å². The molecule has 3 heteroatoms. The van der Waals surface area contributed by atoms with Gasteiger partial charge in [-0.3, -0.25) is 0 Å². The minimum absolute atomic E-state index is 0.937. The van der Waals surface area contributed by atoms with E-state index in [1.54, 1.807) is 0 Å². The Hall–Kier alpha value is -2.26. The van der Waals surface area contributed by atoms with Crippen molar-refractivity contribution in [3.05, 3.63) is 59.1 Å². The van der Waals surface area contributed by atoms with Crippen molar-refractivity contribution in [2.75, 3.05) is 0 Å². The van der Waals surface area contributed by atoms with Crippen molar-refractivity contribution in [3.8, 4) is 0 Å². The fraction of sp³-hybridized carbons (Fsp3) is 0. The first kappa shape index (κ1) is 11.4. The molecule has 100 valence electrons. The molecule has 0 bridgehead atoms. The molecule has 21 heavy (non-hydrogen) atoms. The molecule has 0 atom stereocenters. The molecule has 0 spiro atoms. The number of para-hydroxylation sites is 1. The zero-order valence-electron chi connectivity index (χ0n) is 11.0. The van der Waals surface area contributed by atoms with Gasteiger partial charge in [0.25, 0.3) is 0 Å². The number of aromatic amines is 1. The molecule has 0 aliphatic carbocycles. The number of H-pyrrole nitrogens is 1. The van der Waals surface area contributed by atoms with E-state index in [4.69, 9.17) is 4.42 Å². The van der Waals surface area contributed by atoms with Crippen molar-refractivity contribution in [1.82, 2.24) is 4.98 Å². The van der Waals surface area contributed by atoms with Crippen molar-refractivity contribution in [2.24, 2.45) is 0 Å². The number of rotatable bonds is 0. The van der Waals surface area contributed by atoms with Gasteiger partial charge in [0.15, 0.2) is 0 Å². The van der Waals surface area contributed by atoms with E-state index in [9.17, 15) is 0 Å². The zero-order valence-corrected chi connectivity index (χ0v) is 12.6. The molecule has 0 radical (unpaired) electrons. The quantitative estimate of drug-likeness (QED) is 0.370. The number of nitrogens with one attached hydrogen (secondary N) is 1. The summed E-state index contributed by atoms with van der Waals surface area (Å²) in [6.07, 6.45) is 0. The van der Waals surface area contributed by atoms with Crippen LogP contribution in [0.25, 0.3) is 43.7 Å². The third kappa shape index (κ3) is 1.52. The van der Waals surface area contributed by atoms with E-state index in [2.05, 4.69) is 57.3 Å². The monoisotopic (exact) mass is 335 g/mol. The number of halogens is 1. The van der Waals surface area contributed by atoms with Crippen LogP contribution in [0.3, 0.4) is 0 Å². The number of benzene rings is 3. The fourth-order valence-corrected chi connectivity index (χ4v) is 3.46. The molecule has 0 aliphatic rings. The molecule has 0 unspecified atom stereocenters. The van der Waals surface area contributed by atoms with Gasteiger partial charge in [-0.05, 0) is 30.3 Å². The normalized spacial score (nSPS) is 12.0. The number of furan rings is 1. The van der Waals surface area contributed by atoms with Crippen LogP contribution in [0.2, 0.25) is 0 Å². The second-order valence-corrected chi connectivity index (χ2v) is 6.22. The predicted octanol–water partition coefficient (Wildman–Crippen LogP) is 5.98. The third-order valence-corrected chi connectivity index (χ3v) is 4.55. The molecule has 0 amide bonds. The van der Waals surface area contributed by atoms with Gasteiger partial charge in [0.1, 0.15) is 11.2 Å². The number of hydrogen-bond acceptors (Lipinski definition) is 1. The molecular weight excluding hydrogens is 326 g/mol. The van der Waals surface area contributed by atoms with Crippen LogP contribution < -0.4 is 0 Å². The van der Waals surface area contributed by atoms with E-state index in [1.807, 2.05) is 18.2 Å². The Morgan fingerprint density at radius 2 is 1.57 bits per heavy atom. The topological polar surface area (TPSA) is 28.9 Å². The van der Waals surface area contributed by atoms with Crippen LogP contribution in [0.4, 0.5) is 0 Å². The Kier molecular flexibility index (Phi) is 2.11. The highest BCUT2D eigenvalue weighted by molar-refractivity contribution is 9.10. The SMILES string of the molecule is Brc1ccc2c(c1)[nH]c1cc3c(cc12)oc1ccccc13. The van der Waals surface area contributed by atoms with Gasteiger partial charge < -0.3 is 9.40 Å². The Labute approximate surface area is 128 Å². The van der Waals surface area contributed by atoms with Gasteiger partial charge in [-0.2, -0.15) is 0 Å². The van der Waals surface area contributed by atoms with Crippen LogP contribution in [0, 0.1) is 0 Å². The molecular formula is C18H10BrNO. The molecule has 2 aromatic heterocycles. The molecule has 0 saturated carbocycles. The number of aromatic nitrogens is 1. The van der Waals surface area contributed by atoms with Crippen LogP contribution >= 0.6 is 15.9 Å². The molecule has 0 fully saturated rings.